The Bertz CT molecular complexity index is 1420. The molecule has 0 amide bonds. The predicted molar refractivity (Wildman–Crippen MR) is 210 cm³/mol. The summed E-state index contributed by atoms with van der Waals surface area (Å²) in [5.74, 6) is -3.77. The molecule has 0 aromatic carbocycles. The highest BCUT2D eigenvalue weighted by Crippen LogP contribution is 2.70. The number of unbranched alkanes of at least 4 members (excludes halogenated alkanes) is 9. The Labute approximate surface area is 324 Å². The Morgan fingerprint density at radius 2 is 1.52 bits per heavy atom. The first kappa shape index (κ1) is 45.5. The summed E-state index contributed by atoms with van der Waals surface area (Å²) in [6.07, 6.45) is 26.1. The topological polar surface area (TPSA) is 127 Å². The van der Waals surface area contributed by atoms with Gasteiger partial charge in [0.05, 0.1) is 25.6 Å². The van der Waals surface area contributed by atoms with Crippen LogP contribution in [-0.4, -0.2) is 64.3 Å². The van der Waals surface area contributed by atoms with Gasteiger partial charge in [0.2, 0.25) is 5.78 Å². The van der Waals surface area contributed by atoms with Gasteiger partial charge in [0.25, 0.3) is 0 Å². The van der Waals surface area contributed by atoms with E-state index in [1.54, 1.807) is 26.8 Å². The number of allylic oxidation sites excluding steroid dienone is 8. The van der Waals surface area contributed by atoms with E-state index in [9.17, 15) is 29.4 Å². The molecule has 0 aromatic heterocycles. The second-order valence-corrected chi connectivity index (χ2v) is 16.6. The van der Waals surface area contributed by atoms with Crippen LogP contribution in [-0.2, 0) is 28.7 Å². The maximum absolute atomic E-state index is 17.4. The molecule has 2 N–H and O–H groups in total. The van der Waals surface area contributed by atoms with Crippen LogP contribution in [0, 0.1) is 28.6 Å². The van der Waals surface area contributed by atoms with Gasteiger partial charge in [-0.1, -0.05) is 103 Å². The van der Waals surface area contributed by atoms with Gasteiger partial charge in [-0.3, -0.25) is 19.2 Å². The number of fused-ring (bicyclic) bond motifs is 5. The number of ketones is 2. The van der Waals surface area contributed by atoms with Crippen LogP contribution in [0.2, 0.25) is 0 Å². The fourth-order valence-electron chi connectivity index (χ4n) is 10.0. The number of Topliss-reactive ketones (excluding diaryl/α,β-unsaturated/α-hetero) is 1. The largest absolute Gasteiger partial charge is 0.466 e. The molecule has 9 heteroatoms. The monoisotopic (exact) mass is 756 g/mol. The SMILES string of the molecule is C.CCCCC/C=C\C/C=C\CCCCCCCCOC(=O)CCC(=O)OCC(=O)[C@@]1(O)[C@H](C)C[C@H]2[C@@H]3CCC4=CC(=O)C=C[C@]4(C)[C@@]3(F)[C@@H](O)C[C@@]21C. The van der Waals surface area contributed by atoms with Crippen molar-refractivity contribution in [3.63, 3.8) is 0 Å². The third-order valence-electron chi connectivity index (χ3n) is 13.2. The first-order valence-electron chi connectivity index (χ1n) is 20.4. The van der Waals surface area contributed by atoms with Gasteiger partial charge in [-0.05, 0) is 95.1 Å². The van der Waals surface area contributed by atoms with Gasteiger partial charge in [0, 0.05) is 16.7 Å². The highest BCUT2D eigenvalue weighted by molar-refractivity contribution is 6.01. The number of aliphatic hydroxyl groups excluding tert-OH is 1. The molecule has 8 atom stereocenters. The lowest BCUT2D eigenvalue weighted by atomic mass is 9.44. The summed E-state index contributed by atoms with van der Waals surface area (Å²) in [7, 11) is 0. The van der Waals surface area contributed by atoms with E-state index in [1.807, 2.05) is 0 Å². The number of ether oxygens (including phenoxy) is 2. The zero-order chi connectivity index (χ0) is 38.7. The Kier molecular flexibility index (Phi) is 17.1. The van der Waals surface area contributed by atoms with Crippen molar-refractivity contribution in [1.29, 1.82) is 0 Å². The van der Waals surface area contributed by atoms with E-state index < -0.39 is 70.3 Å². The van der Waals surface area contributed by atoms with Gasteiger partial charge >= 0.3 is 11.9 Å². The van der Waals surface area contributed by atoms with E-state index in [4.69, 9.17) is 9.47 Å². The van der Waals surface area contributed by atoms with Gasteiger partial charge in [-0.2, -0.15) is 0 Å². The molecule has 0 radical (unpaired) electrons. The summed E-state index contributed by atoms with van der Waals surface area (Å²) in [5.41, 5.74) is -5.69. The van der Waals surface area contributed by atoms with Crippen LogP contribution in [0.15, 0.2) is 48.1 Å². The molecule has 0 unspecified atom stereocenters. The summed E-state index contributed by atoms with van der Waals surface area (Å²) in [6.45, 7) is 7.05. The number of esters is 2. The van der Waals surface area contributed by atoms with Crippen LogP contribution in [0.25, 0.3) is 0 Å². The molecule has 0 bridgehead atoms. The Morgan fingerprint density at radius 1 is 0.907 bits per heavy atom. The normalized spacial score (nSPS) is 32.8. The van der Waals surface area contributed by atoms with E-state index >= 15 is 4.39 Å². The molecular weight excluding hydrogens is 687 g/mol. The quantitative estimate of drug-likeness (QED) is 0.0675. The molecule has 0 aromatic rings. The molecule has 3 saturated carbocycles. The van der Waals surface area contributed by atoms with Gasteiger partial charge in [-0.15, -0.1) is 0 Å². The van der Waals surface area contributed by atoms with Crippen molar-refractivity contribution >= 4 is 23.5 Å². The van der Waals surface area contributed by atoms with Crippen LogP contribution in [0.4, 0.5) is 4.39 Å². The number of rotatable bonds is 21. The number of aliphatic hydroxyl groups is 2. The minimum Gasteiger partial charge on any atom is -0.466 e. The van der Waals surface area contributed by atoms with Crippen LogP contribution in [0.3, 0.4) is 0 Å². The first-order valence-corrected chi connectivity index (χ1v) is 20.4. The fraction of sp³-hybridized carbons (Fsp3) is 0.733. The summed E-state index contributed by atoms with van der Waals surface area (Å²) in [5, 5.41) is 23.6. The maximum Gasteiger partial charge on any atom is 0.306 e. The maximum atomic E-state index is 17.4. The summed E-state index contributed by atoms with van der Waals surface area (Å²) < 4.78 is 27.9. The Morgan fingerprint density at radius 3 is 2.19 bits per heavy atom. The van der Waals surface area contributed by atoms with Crippen molar-refractivity contribution in [2.75, 3.05) is 13.2 Å². The molecule has 4 aliphatic rings. The standard InChI is InChI=1S/C44H65FO8.CH4/c1-5-6-7-8-9-10-11-12-13-14-15-16-17-18-19-20-27-52-39(49)23-24-40(50)53-31-38(48)44(51)32(2)28-36-35-22-21-33-29-34(46)25-26-41(33,3)43(35,45)37(47)30-42(36,44)4;/h9-10,12-13,25-26,29,32,35-37,47,51H,5-8,11,14-24,27-28,30-31H2,1-4H3;1H4/b10-9-,13-12-;/t32-,35+,36+,37+,41+,42+,43+,44+;/m1./s1. The van der Waals surface area contributed by atoms with E-state index in [-0.39, 0.29) is 32.5 Å². The third kappa shape index (κ3) is 9.72. The molecule has 54 heavy (non-hydrogen) atoms. The van der Waals surface area contributed by atoms with Crippen LogP contribution >= 0.6 is 0 Å². The second kappa shape index (κ2) is 20.3. The summed E-state index contributed by atoms with van der Waals surface area (Å²) in [4.78, 5) is 50.5. The molecule has 0 saturated heterocycles. The first-order chi connectivity index (χ1) is 25.3. The molecule has 0 aliphatic heterocycles. The van der Waals surface area contributed by atoms with Gasteiger partial charge in [0.1, 0.15) is 5.60 Å². The van der Waals surface area contributed by atoms with Gasteiger partial charge < -0.3 is 19.7 Å². The van der Waals surface area contributed by atoms with E-state index in [1.165, 1.54) is 50.7 Å². The minimum atomic E-state index is -2.07. The highest BCUT2D eigenvalue weighted by atomic mass is 19.1. The average Bonchev–Trinajstić information content (AvgIpc) is 3.33. The molecule has 304 valence electrons. The Balaban J connectivity index is 0.00000784. The number of alkyl halides is 1. The van der Waals surface area contributed by atoms with Crippen LogP contribution in [0.5, 0.6) is 0 Å². The summed E-state index contributed by atoms with van der Waals surface area (Å²) >= 11 is 0. The fourth-order valence-corrected chi connectivity index (χ4v) is 10.0. The summed E-state index contributed by atoms with van der Waals surface area (Å²) in [6, 6.07) is 0. The van der Waals surface area contributed by atoms with Crippen molar-refractivity contribution in [2.24, 2.45) is 28.6 Å². The van der Waals surface area contributed by atoms with Crippen molar-refractivity contribution in [3.8, 4) is 0 Å². The number of hydrogen-bond acceptors (Lipinski definition) is 8. The minimum absolute atomic E-state index is 0. The lowest BCUT2D eigenvalue weighted by Gasteiger charge is -2.62. The van der Waals surface area contributed by atoms with Crippen LogP contribution in [0.1, 0.15) is 151 Å². The molecular formula is C45H69FO8. The molecule has 0 heterocycles. The molecule has 4 aliphatic carbocycles. The van der Waals surface area contributed by atoms with E-state index in [0.717, 1.165) is 38.5 Å². The van der Waals surface area contributed by atoms with Gasteiger partial charge in [0.15, 0.2) is 18.1 Å². The lowest BCUT2D eigenvalue weighted by Crippen LogP contribution is -2.69. The highest BCUT2D eigenvalue weighted by Gasteiger charge is 2.75. The van der Waals surface area contributed by atoms with Crippen LogP contribution < -0.4 is 0 Å². The molecule has 8 nitrogen and oxygen atoms in total. The van der Waals surface area contributed by atoms with Crippen molar-refractivity contribution in [3.05, 3.63) is 48.1 Å². The van der Waals surface area contributed by atoms with Crippen molar-refractivity contribution in [1.82, 2.24) is 0 Å². The zero-order valence-electron chi connectivity index (χ0n) is 32.7. The van der Waals surface area contributed by atoms with Crippen molar-refractivity contribution < 1.29 is 43.3 Å². The third-order valence-corrected chi connectivity index (χ3v) is 13.2. The number of hydrogen-bond donors (Lipinski definition) is 2. The predicted octanol–water partition coefficient (Wildman–Crippen LogP) is 9.22. The molecule has 0 spiro atoms. The lowest BCUT2D eigenvalue weighted by molar-refractivity contribution is -0.220. The van der Waals surface area contributed by atoms with Gasteiger partial charge in [-0.25, -0.2) is 4.39 Å². The van der Waals surface area contributed by atoms with E-state index in [0.29, 0.717) is 31.4 Å². The number of halogens is 1. The number of carbonyl (C=O) groups is 4. The zero-order valence-corrected chi connectivity index (χ0v) is 32.7. The molecule has 3 fully saturated rings. The van der Waals surface area contributed by atoms with Crippen molar-refractivity contribution in [2.45, 2.75) is 168 Å². The number of carbonyl (C=O) groups excluding carboxylic acids is 4. The average molecular weight is 757 g/mol. The Hall–Kier alpha value is -2.91. The smallest absolute Gasteiger partial charge is 0.306 e. The second-order valence-electron chi connectivity index (χ2n) is 16.6. The van der Waals surface area contributed by atoms with E-state index in [2.05, 4.69) is 31.2 Å². The molecule has 4 rings (SSSR count).